The van der Waals surface area contributed by atoms with Gasteiger partial charge in [0.05, 0.1) is 18.4 Å². The van der Waals surface area contributed by atoms with E-state index in [4.69, 9.17) is 0 Å². The van der Waals surface area contributed by atoms with Gasteiger partial charge in [0.15, 0.2) is 5.96 Å². The molecule has 7 nitrogen and oxygen atoms in total. The lowest BCUT2D eigenvalue weighted by molar-refractivity contribution is -0.132. The first-order valence-electron chi connectivity index (χ1n) is 11.5. The lowest BCUT2D eigenvalue weighted by atomic mass is 9.99. The molecule has 3 aromatic rings. The maximum absolute atomic E-state index is 12.7. The first kappa shape index (κ1) is 22.6. The van der Waals surface area contributed by atoms with Crippen LogP contribution in [0.3, 0.4) is 0 Å². The number of amides is 1. The summed E-state index contributed by atoms with van der Waals surface area (Å²) in [4.78, 5) is 28.9. The molecule has 0 atom stereocenters. The van der Waals surface area contributed by atoms with Gasteiger partial charge < -0.3 is 20.1 Å². The summed E-state index contributed by atoms with van der Waals surface area (Å²) in [6.07, 6.45) is 4.10. The Kier molecular flexibility index (Phi) is 7.40. The number of aromatic amines is 1. The van der Waals surface area contributed by atoms with Crippen molar-refractivity contribution in [1.82, 2.24) is 25.1 Å². The van der Waals surface area contributed by atoms with Gasteiger partial charge in [-0.05, 0) is 29.5 Å². The smallest absolute Gasteiger partial charge is 0.222 e. The molecule has 2 aromatic carbocycles. The van der Waals surface area contributed by atoms with E-state index < -0.39 is 0 Å². The van der Waals surface area contributed by atoms with Crippen LogP contribution in [0.4, 0.5) is 0 Å². The number of nitrogens with zero attached hydrogens (tertiary/aromatic N) is 4. The van der Waals surface area contributed by atoms with Gasteiger partial charge in [-0.15, -0.1) is 0 Å². The molecule has 2 heterocycles. The van der Waals surface area contributed by atoms with Crippen molar-refractivity contribution in [2.75, 3.05) is 27.2 Å². The topological polar surface area (TPSA) is 76.6 Å². The molecule has 1 amide bonds. The number of guanidine groups is 1. The Bertz CT molecular complexity index is 1090. The lowest BCUT2D eigenvalue weighted by Crippen LogP contribution is -2.40. The van der Waals surface area contributed by atoms with E-state index >= 15 is 0 Å². The van der Waals surface area contributed by atoms with E-state index in [1.54, 1.807) is 7.05 Å². The van der Waals surface area contributed by atoms with E-state index in [0.717, 1.165) is 49.0 Å². The second-order valence-electron chi connectivity index (χ2n) is 8.38. The Morgan fingerprint density at radius 3 is 2.70 bits per heavy atom. The zero-order valence-electron chi connectivity index (χ0n) is 19.4. The molecule has 1 aromatic heterocycles. The molecular weight excluding hydrogens is 412 g/mol. The quantitative estimate of drug-likeness (QED) is 0.332. The number of aromatic nitrogens is 2. The fourth-order valence-electron chi connectivity index (χ4n) is 4.20. The van der Waals surface area contributed by atoms with E-state index in [1.165, 1.54) is 11.1 Å². The van der Waals surface area contributed by atoms with Crippen molar-refractivity contribution in [2.24, 2.45) is 4.99 Å². The normalized spacial score (nSPS) is 13.5. The molecule has 0 saturated carbocycles. The Balaban J connectivity index is 1.21. The highest BCUT2D eigenvalue weighted by atomic mass is 16.2. The molecule has 0 fully saturated rings. The fourth-order valence-corrected chi connectivity index (χ4v) is 4.20. The van der Waals surface area contributed by atoms with Crippen LogP contribution in [-0.4, -0.2) is 58.8 Å². The molecule has 4 rings (SSSR count). The number of benzene rings is 2. The van der Waals surface area contributed by atoms with E-state index in [0.29, 0.717) is 19.5 Å². The molecule has 0 saturated heterocycles. The Morgan fingerprint density at radius 2 is 1.91 bits per heavy atom. The molecule has 0 bridgehead atoms. The zero-order chi connectivity index (χ0) is 23.0. The number of carbonyl (C=O) groups is 1. The van der Waals surface area contributed by atoms with Crippen molar-refractivity contribution in [1.29, 1.82) is 0 Å². The van der Waals surface area contributed by atoms with Crippen molar-refractivity contribution < 1.29 is 4.79 Å². The van der Waals surface area contributed by atoms with Crippen molar-refractivity contribution in [3.05, 3.63) is 77.7 Å². The molecule has 0 radical (unpaired) electrons. The minimum Gasteiger partial charge on any atom is -0.356 e. The molecule has 1 aliphatic rings. The number of aliphatic imine (C=N–C) groups is 1. The van der Waals surface area contributed by atoms with Crippen molar-refractivity contribution in [3.8, 4) is 11.3 Å². The SMILES string of the molecule is CN=C(NCCCC(=O)N1CCc2ccccc2C1)N(C)Cc1ncc(-c2ccccc2)[nH]1. The molecule has 7 heteroatoms. The van der Waals surface area contributed by atoms with Crippen LogP contribution in [0.2, 0.25) is 0 Å². The highest BCUT2D eigenvalue weighted by Gasteiger charge is 2.20. The summed E-state index contributed by atoms with van der Waals surface area (Å²) in [6.45, 7) is 2.84. The molecule has 0 unspecified atom stereocenters. The average molecular weight is 445 g/mol. The largest absolute Gasteiger partial charge is 0.356 e. The summed E-state index contributed by atoms with van der Waals surface area (Å²) in [6, 6.07) is 18.6. The van der Waals surface area contributed by atoms with Gasteiger partial charge in [-0.3, -0.25) is 9.79 Å². The van der Waals surface area contributed by atoms with Gasteiger partial charge >= 0.3 is 0 Å². The minimum atomic E-state index is 0.221. The monoisotopic (exact) mass is 444 g/mol. The summed E-state index contributed by atoms with van der Waals surface area (Å²) in [7, 11) is 3.75. The van der Waals surface area contributed by atoms with Crippen molar-refractivity contribution in [3.63, 3.8) is 0 Å². The predicted molar refractivity (Wildman–Crippen MR) is 132 cm³/mol. The third-order valence-electron chi connectivity index (χ3n) is 6.01. The molecular formula is C26H32N6O. The third kappa shape index (κ3) is 5.80. The van der Waals surface area contributed by atoms with Crippen molar-refractivity contribution >= 4 is 11.9 Å². The number of H-pyrrole nitrogens is 1. The van der Waals surface area contributed by atoms with Crippen LogP contribution in [-0.2, 0) is 24.3 Å². The summed E-state index contributed by atoms with van der Waals surface area (Å²) in [5.74, 6) is 1.88. The summed E-state index contributed by atoms with van der Waals surface area (Å²) < 4.78 is 0. The average Bonchev–Trinajstić information content (AvgIpc) is 3.32. The first-order chi connectivity index (χ1) is 16.1. The van der Waals surface area contributed by atoms with Crippen LogP contribution in [0, 0.1) is 0 Å². The standard InChI is InChI=1S/C26H32N6O/c1-27-26(31(2)19-24-29-17-23(30-24)21-10-4-3-5-11-21)28-15-8-13-25(33)32-16-14-20-9-6-7-12-22(20)18-32/h3-7,9-12,17H,8,13-16,18-19H2,1-2H3,(H,27,28)(H,29,30). The van der Waals surface area contributed by atoms with Crippen molar-refractivity contribution in [2.45, 2.75) is 32.4 Å². The van der Waals surface area contributed by atoms with Gasteiger partial charge in [0, 0.05) is 40.2 Å². The summed E-state index contributed by atoms with van der Waals surface area (Å²) >= 11 is 0. The van der Waals surface area contributed by atoms with E-state index in [2.05, 4.69) is 50.6 Å². The zero-order valence-corrected chi connectivity index (χ0v) is 19.4. The van der Waals surface area contributed by atoms with Crippen LogP contribution in [0.15, 0.2) is 65.8 Å². The Morgan fingerprint density at radius 1 is 1.15 bits per heavy atom. The fraction of sp³-hybridized carbons (Fsp3) is 0.346. The van der Waals surface area contributed by atoms with E-state index in [-0.39, 0.29) is 5.91 Å². The first-order valence-corrected chi connectivity index (χ1v) is 11.5. The molecule has 0 aliphatic carbocycles. The van der Waals surface area contributed by atoms with Gasteiger partial charge in [-0.25, -0.2) is 4.98 Å². The lowest BCUT2D eigenvalue weighted by Gasteiger charge is -2.29. The van der Waals surface area contributed by atoms with E-state index in [9.17, 15) is 4.79 Å². The maximum Gasteiger partial charge on any atom is 0.222 e. The van der Waals surface area contributed by atoms with Gasteiger partial charge in [-0.2, -0.15) is 0 Å². The van der Waals surface area contributed by atoms with E-state index in [1.807, 2.05) is 47.3 Å². The highest BCUT2D eigenvalue weighted by Crippen LogP contribution is 2.19. The van der Waals surface area contributed by atoms with Gasteiger partial charge in [0.1, 0.15) is 5.82 Å². The predicted octanol–water partition coefficient (Wildman–Crippen LogP) is 3.45. The third-order valence-corrected chi connectivity index (χ3v) is 6.01. The summed E-state index contributed by atoms with van der Waals surface area (Å²) in [5.41, 5.74) is 4.75. The number of carbonyl (C=O) groups excluding carboxylic acids is 1. The van der Waals surface area contributed by atoms with Crippen LogP contribution in [0.5, 0.6) is 0 Å². The maximum atomic E-state index is 12.7. The Hall–Kier alpha value is -3.61. The van der Waals surface area contributed by atoms with Gasteiger partial charge in [0.25, 0.3) is 0 Å². The number of nitrogens with one attached hydrogen (secondary N) is 2. The second kappa shape index (κ2) is 10.8. The molecule has 0 spiro atoms. The number of rotatable bonds is 7. The minimum absolute atomic E-state index is 0.221. The molecule has 1 aliphatic heterocycles. The molecule has 2 N–H and O–H groups in total. The Labute approximate surface area is 195 Å². The van der Waals surface area contributed by atoms with Gasteiger partial charge in [0.2, 0.25) is 5.91 Å². The van der Waals surface area contributed by atoms with Crippen LogP contribution < -0.4 is 5.32 Å². The summed E-state index contributed by atoms with van der Waals surface area (Å²) in [5, 5.41) is 3.37. The number of hydrogen-bond donors (Lipinski definition) is 2. The molecule has 33 heavy (non-hydrogen) atoms. The molecule has 172 valence electrons. The number of hydrogen-bond acceptors (Lipinski definition) is 3. The van der Waals surface area contributed by atoms with Gasteiger partial charge in [-0.1, -0.05) is 54.6 Å². The number of imidazole rings is 1. The van der Waals surface area contributed by atoms with Crippen LogP contribution >= 0.6 is 0 Å². The second-order valence-corrected chi connectivity index (χ2v) is 8.38. The highest BCUT2D eigenvalue weighted by molar-refractivity contribution is 5.80. The number of fused-ring (bicyclic) bond motifs is 1. The van der Waals surface area contributed by atoms with Crippen LogP contribution in [0.1, 0.15) is 29.8 Å². The van der Waals surface area contributed by atoms with Crippen LogP contribution in [0.25, 0.3) is 11.3 Å².